The van der Waals surface area contributed by atoms with Crippen LogP contribution in [0.1, 0.15) is 31.2 Å². The Bertz CT molecular complexity index is 484. The number of anilines is 1. The lowest BCUT2D eigenvalue weighted by Crippen LogP contribution is -2.34. The molecule has 4 N–H and O–H groups in total. The molecule has 0 radical (unpaired) electrons. The maximum Gasteiger partial charge on any atom is 0.303 e. The third-order valence-corrected chi connectivity index (χ3v) is 3.76. The first-order valence-corrected chi connectivity index (χ1v) is 6.93. The molecule has 1 aliphatic rings. The zero-order valence-electron chi connectivity index (χ0n) is 11.3. The number of aryl methyl sites for hydroxylation is 1. The number of carboxylic acids is 1. The van der Waals surface area contributed by atoms with Gasteiger partial charge >= 0.3 is 5.97 Å². The lowest BCUT2D eigenvalue weighted by molar-refractivity contribution is -0.137. The number of carboxylic acid groups (broad SMARTS) is 1. The Kier molecular flexibility index (Phi) is 4.74. The van der Waals surface area contributed by atoms with E-state index in [1.807, 2.05) is 12.1 Å². The second kappa shape index (κ2) is 6.52. The Labute approximate surface area is 118 Å². The van der Waals surface area contributed by atoms with Crippen molar-refractivity contribution in [1.82, 2.24) is 0 Å². The number of aliphatic carboxylic acids is 1. The molecule has 0 heterocycles. The monoisotopic (exact) mass is 276 g/mol. The van der Waals surface area contributed by atoms with Gasteiger partial charge in [0.15, 0.2) is 0 Å². The molecule has 1 aliphatic carbocycles. The molecule has 20 heavy (non-hydrogen) atoms. The molecule has 1 aromatic carbocycles. The van der Waals surface area contributed by atoms with E-state index in [4.69, 9.17) is 10.8 Å². The van der Waals surface area contributed by atoms with E-state index >= 15 is 0 Å². The van der Waals surface area contributed by atoms with Crippen LogP contribution in [0, 0.1) is 5.92 Å². The second-order valence-corrected chi connectivity index (χ2v) is 5.28. The Morgan fingerprint density at radius 3 is 2.50 bits per heavy atom. The highest BCUT2D eigenvalue weighted by Crippen LogP contribution is 2.25. The SMILES string of the molecule is NC1CCCC1C(=O)Nc1ccc(CCC(=O)O)cc1. The van der Waals surface area contributed by atoms with Crippen molar-refractivity contribution < 1.29 is 14.7 Å². The smallest absolute Gasteiger partial charge is 0.303 e. The van der Waals surface area contributed by atoms with Crippen LogP contribution < -0.4 is 11.1 Å². The van der Waals surface area contributed by atoms with E-state index in [1.165, 1.54) is 0 Å². The summed E-state index contributed by atoms with van der Waals surface area (Å²) in [6, 6.07) is 7.25. The van der Waals surface area contributed by atoms with Crippen molar-refractivity contribution in [1.29, 1.82) is 0 Å². The lowest BCUT2D eigenvalue weighted by Gasteiger charge is -2.15. The van der Waals surface area contributed by atoms with E-state index in [-0.39, 0.29) is 24.3 Å². The van der Waals surface area contributed by atoms with Crippen LogP contribution in [0.2, 0.25) is 0 Å². The van der Waals surface area contributed by atoms with E-state index in [0.29, 0.717) is 6.42 Å². The zero-order valence-corrected chi connectivity index (χ0v) is 11.3. The Morgan fingerprint density at radius 2 is 1.95 bits per heavy atom. The Balaban J connectivity index is 1.90. The zero-order chi connectivity index (χ0) is 14.5. The van der Waals surface area contributed by atoms with Crippen LogP contribution in [0.25, 0.3) is 0 Å². The molecule has 0 bridgehead atoms. The standard InChI is InChI=1S/C15H20N2O3/c16-13-3-1-2-12(13)15(20)17-11-7-4-10(5-8-11)6-9-14(18)19/h4-5,7-8,12-13H,1-3,6,9,16H2,(H,17,20)(H,18,19). The van der Waals surface area contributed by atoms with Crippen LogP contribution in [0.3, 0.4) is 0 Å². The molecule has 1 amide bonds. The summed E-state index contributed by atoms with van der Waals surface area (Å²) in [5, 5.41) is 11.5. The summed E-state index contributed by atoms with van der Waals surface area (Å²) in [7, 11) is 0. The van der Waals surface area contributed by atoms with Crippen molar-refractivity contribution in [3.8, 4) is 0 Å². The molecule has 1 aromatic rings. The van der Waals surface area contributed by atoms with Gasteiger partial charge in [0.05, 0.1) is 5.92 Å². The molecular formula is C15H20N2O3. The predicted octanol–water partition coefficient (Wildman–Crippen LogP) is 1.77. The first-order chi connectivity index (χ1) is 9.56. The van der Waals surface area contributed by atoms with Crippen LogP contribution in [0.5, 0.6) is 0 Å². The van der Waals surface area contributed by atoms with E-state index < -0.39 is 5.97 Å². The van der Waals surface area contributed by atoms with E-state index in [1.54, 1.807) is 12.1 Å². The minimum atomic E-state index is -0.808. The molecular weight excluding hydrogens is 256 g/mol. The number of nitrogens with two attached hydrogens (primary N) is 1. The molecule has 0 spiro atoms. The first-order valence-electron chi connectivity index (χ1n) is 6.93. The van der Waals surface area contributed by atoms with Gasteiger partial charge in [-0.25, -0.2) is 0 Å². The summed E-state index contributed by atoms with van der Waals surface area (Å²) in [5.41, 5.74) is 7.59. The van der Waals surface area contributed by atoms with Crippen molar-refractivity contribution in [3.63, 3.8) is 0 Å². The number of carbonyl (C=O) groups is 2. The maximum absolute atomic E-state index is 12.1. The third-order valence-electron chi connectivity index (χ3n) is 3.76. The van der Waals surface area contributed by atoms with Gasteiger partial charge in [0, 0.05) is 18.2 Å². The summed E-state index contributed by atoms with van der Waals surface area (Å²) in [6.07, 6.45) is 3.38. The molecule has 2 rings (SSSR count). The highest BCUT2D eigenvalue weighted by atomic mass is 16.4. The first kappa shape index (κ1) is 14.5. The molecule has 2 unspecified atom stereocenters. The minimum Gasteiger partial charge on any atom is -0.481 e. The van der Waals surface area contributed by atoms with Gasteiger partial charge in [0.25, 0.3) is 0 Å². The van der Waals surface area contributed by atoms with Crippen molar-refractivity contribution in [2.24, 2.45) is 11.7 Å². The highest BCUT2D eigenvalue weighted by Gasteiger charge is 2.30. The summed E-state index contributed by atoms with van der Waals surface area (Å²) in [6.45, 7) is 0. The number of benzene rings is 1. The number of rotatable bonds is 5. The van der Waals surface area contributed by atoms with Gasteiger partial charge in [-0.15, -0.1) is 0 Å². The van der Waals surface area contributed by atoms with Crippen LogP contribution >= 0.6 is 0 Å². The van der Waals surface area contributed by atoms with Gasteiger partial charge in [0.2, 0.25) is 5.91 Å². The molecule has 0 saturated heterocycles. The Hall–Kier alpha value is -1.88. The van der Waals surface area contributed by atoms with Crippen LogP contribution in [0.15, 0.2) is 24.3 Å². The summed E-state index contributed by atoms with van der Waals surface area (Å²) in [5.74, 6) is -0.924. The molecule has 5 nitrogen and oxygen atoms in total. The Morgan fingerprint density at radius 1 is 1.25 bits per heavy atom. The molecule has 0 aromatic heterocycles. The predicted molar refractivity (Wildman–Crippen MR) is 76.3 cm³/mol. The molecule has 0 aliphatic heterocycles. The second-order valence-electron chi connectivity index (χ2n) is 5.28. The van der Waals surface area contributed by atoms with Crippen LogP contribution in [0.4, 0.5) is 5.69 Å². The summed E-state index contributed by atoms with van der Waals surface area (Å²) in [4.78, 5) is 22.6. The van der Waals surface area contributed by atoms with Gasteiger partial charge in [-0.3, -0.25) is 9.59 Å². The largest absolute Gasteiger partial charge is 0.481 e. The molecule has 5 heteroatoms. The fourth-order valence-corrected chi connectivity index (χ4v) is 2.56. The van der Waals surface area contributed by atoms with E-state index in [9.17, 15) is 9.59 Å². The normalized spacial score (nSPS) is 21.6. The van der Waals surface area contributed by atoms with Gasteiger partial charge in [-0.05, 0) is 37.0 Å². The number of carbonyl (C=O) groups excluding carboxylic acids is 1. The number of hydrogen-bond acceptors (Lipinski definition) is 3. The lowest BCUT2D eigenvalue weighted by atomic mass is 10.0. The topological polar surface area (TPSA) is 92.4 Å². The van der Waals surface area contributed by atoms with Crippen LogP contribution in [-0.2, 0) is 16.0 Å². The van der Waals surface area contributed by atoms with Crippen molar-refractivity contribution in [2.45, 2.75) is 38.1 Å². The van der Waals surface area contributed by atoms with Gasteiger partial charge in [-0.2, -0.15) is 0 Å². The quantitative estimate of drug-likeness (QED) is 0.764. The minimum absolute atomic E-state index is 0.0201. The van der Waals surface area contributed by atoms with Crippen LogP contribution in [-0.4, -0.2) is 23.0 Å². The summed E-state index contributed by atoms with van der Waals surface area (Å²) >= 11 is 0. The van der Waals surface area contributed by atoms with Gasteiger partial charge in [-0.1, -0.05) is 18.6 Å². The number of hydrogen-bond donors (Lipinski definition) is 3. The third kappa shape index (κ3) is 3.81. The number of amides is 1. The fraction of sp³-hybridized carbons (Fsp3) is 0.467. The molecule has 1 fully saturated rings. The molecule has 108 valence electrons. The van der Waals surface area contributed by atoms with Gasteiger partial charge < -0.3 is 16.2 Å². The fourth-order valence-electron chi connectivity index (χ4n) is 2.56. The maximum atomic E-state index is 12.1. The van der Waals surface area contributed by atoms with E-state index in [0.717, 1.165) is 30.5 Å². The van der Waals surface area contributed by atoms with Crippen molar-refractivity contribution >= 4 is 17.6 Å². The average molecular weight is 276 g/mol. The summed E-state index contributed by atoms with van der Waals surface area (Å²) < 4.78 is 0. The molecule has 1 saturated carbocycles. The van der Waals surface area contributed by atoms with Gasteiger partial charge in [0.1, 0.15) is 0 Å². The average Bonchev–Trinajstić information content (AvgIpc) is 2.84. The van der Waals surface area contributed by atoms with Crippen molar-refractivity contribution in [2.75, 3.05) is 5.32 Å². The highest BCUT2D eigenvalue weighted by molar-refractivity contribution is 5.93. The van der Waals surface area contributed by atoms with Crippen molar-refractivity contribution in [3.05, 3.63) is 29.8 Å². The van der Waals surface area contributed by atoms with E-state index in [2.05, 4.69) is 5.32 Å². The molecule has 2 atom stereocenters. The number of nitrogens with one attached hydrogen (secondary N) is 1.